The van der Waals surface area contributed by atoms with Gasteiger partial charge in [-0.1, -0.05) is 6.07 Å². The molecule has 0 fully saturated rings. The van der Waals surface area contributed by atoms with Crippen LogP contribution in [0.3, 0.4) is 0 Å². The standard InChI is InChI=1S/C16H18N4/c1-12(2)20-11-17-9-13(20)10-19-16-7-3-6-15-14(16)5-4-8-18-15/h3-9,11-12,19H,10H2,1-2H3. The lowest BCUT2D eigenvalue weighted by Crippen LogP contribution is -2.09. The molecular weight excluding hydrogens is 248 g/mol. The summed E-state index contributed by atoms with van der Waals surface area (Å²) in [5.74, 6) is 0. The highest BCUT2D eigenvalue weighted by atomic mass is 15.1. The van der Waals surface area contributed by atoms with Crippen molar-refractivity contribution in [3.05, 3.63) is 54.7 Å². The molecule has 2 aromatic heterocycles. The second kappa shape index (κ2) is 5.33. The van der Waals surface area contributed by atoms with Crippen LogP contribution in [0.2, 0.25) is 0 Å². The highest BCUT2D eigenvalue weighted by Gasteiger charge is 2.06. The molecule has 0 saturated heterocycles. The molecule has 0 atom stereocenters. The average molecular weight is 266 g/mol. The monoisotopic (exact) mass is 266 g/mol. The van der Waals surface area contributed by atoms with Crippen molar-refractivity contribution in [3.8, 4) is 0 Å². The molecule has 0 aliphatic heterocycles. The van der Waals surface area contributed by atoms with Crippen LogP contribution in [0.15, 0.2) is 49.1 Å². The summed E-state index contributed by atoms with van der Waals surface area (Å²) < 4.78 is 2.18. The van der Waals surface area contributed by atoms with Gasteiger partial charge in [-0.2, -0.15) is 0 Å². The van der Waals surface area contributed by atoms with E-state index in [1.807, 2.05) is 36.9 Å². The number of nitrogens with zero attached hydrogens (tertiary/aromatic N) is 3. The lowest BCUT2D eigenvalue weighted by molar-refractivity contribution is 0.577. The van der Waals surface area contributed by atoms with Crippen molar-refractivity contribution in [3.63, 3.8) is 0 Å². The third-order valence-electron chi connectivity index (χ3n) is 3.41. The number of fused-ring (bicyclic) bond motifs is 1. The Bertz CT molecular complexity index is 710. The number of imidazole rings is 1. The summed E-state index contributed by atoms with van der Waals surface area (Å²) in [6, 6.07) is 10.6. The van der Waals surface area contributed by atoms with Crippen molar-refractivity contribution in [2.24, 2.45) is 0 Å². The van der Waals surface area contributed by atoms with Gasteiger partial charge in [0.05, 0.1) is 24.1 Å². The number of anilines is 1. The van der Waals surface area contributed by atoms with E-state index in [1.165, 1.54) is 5.69 Å². The normalized spacial score (nSPS) is 11.2. The Morgan fingerprint density at radius 3 is 2.95 bits per heavy atom. The minimum absolute atomic E-state index is 0.420. The van der Waals surface area contributed by atoms with Gasteiger partial charge in [-0.3, -0.25) is 4.98 Å². The number of hydrogen-bond donors (Lipinski definition) is 1. The quantitative estimate of drug-likeness (QED) is 0.784. The van der Waals surface area contributed by atoms with Crippen LogP contribution < -0.4 is 5.32 Å². The third-order valence-corrected chi connectivity index (χ3v) is 3.41. The smallest absolute Gasteiger partial charge is 0.0951 e. The van der Waals surface area contributed by atoms with Gasteiger partial charge in [0.25, 0.3) is 0 Å². The molecule has 0 saturated carbocycles. The van der Waals surface area contributed by atoms with Gasteiger partial charge in [0.15, 0.2) is 0 Å². The van der Waals surface area contributed by atoms with Gasteiger partial charge in [-0.15, -0.1) is 0 Å². The maximum atomic E-state index is 4.38. The molecular formula is C16H18N4. The predicted molar refractivity (Wildman–Crippen MR) is 81.7 cm³/mol. The maximum absolute atomic E-state index is 4.38. The lowest BCUT2D eigenvalue weighted by atomic mass is 10.2. The Hall–Kier alpha value is -2.36. The van der Waals surface area contributed by atoms with Crippen molar-refractivity contribution in [2.75, 3.05) is 5.32 Å². The van der Waals surface area contributed by atoms with Crippen LogP contribution in [-0.4, -0.2) is 14.5 Å². The number of benzene rings is 1. The molecule has 3 rings (SSSR count). The number of hydrogen-bond acceptors (Lipinski definition) is 3. The molecule has 0 spiro atoms. The van der Waals surface area contributed by atoms with Crippen molar-refractivity contribution in [1.82, 2.24) is 14.5 Å². The van der Waals surface area contributed by atoms with Gasteiger partial charge < -0.3 is 9.88 Å². The summed E-state index contributed by atoms with van der Waals surface area (Å²) in [4.78, 5) is 8.60. The largest absolute Gasteiger partial charge is 0.379 e. The van der Waals surface area contributed by atoms with Crippen molar-refractivity contribution >= 4 is 16.6 Å². The molecule has 0 unspecified atom stereocenters. The topological polar surface area (TPSA) is 42.7 Å². The molecule has 0 bridgehead atoms. The number of pyridine rings is 1. The fourth-order valence-corrected chi connectivity index (χ4v) is 2.38. The van der Waals surface area contributed by atoms with Gasteiger partial charge in [-0.25, -0.2) is 4.98 Å². The van der Waals surface area contributed by atoms with Crippen LogP contribution in [0.25, 0.3) is 10.9 Å². The highest BCUT2D eigenvalue weighted by Crippen LogP contribution is 2.22. The summed E-state index contributed by atoms with van der Waals surface area (Å²) in [6.45, 7) is 5.08. The zero-order valence-electron chi connectivity index (χ0n) is 11.7. The lowest BCUT2D eigenvalue weighted by Gasteiger charge is -2.13. The maximum Gasteiger partial charge on any atom is 0.0951 e. The Morgan fingerprint density at radius 1 is 1.20 bits per heavy atom. The van der Waals surface area contributed by atoms with Crippen molar-refractivity contribution in [2.45, 2.75) is 26.4 Å². The van der Waals surface area contributed by atoms with Gasteiger partial charge in [0.2, 0.25) is 0 Å². The molecule has 3 aromatic rings. The van der Waals surface area contributed by atoms with E-state index in [0.29, 0.717) is 6.04 Å². The fraction of sp³-hybridized carbons (Fsp3) is 0.250. The Morgan fingerprint density at radius 2 is 2.10 bits per heavy atom. The van der Waals surface area contributed by atoms with E-state index in [1.54, 1.807) is 0 Å². The van der Waals surface area contributed by atoms with Crippen LogP contribution in [-0.2, 0) is 6.54 Å². The van der Waals surface area contributed by atoms with E-state index in [-0.39, 0.29) is 0 Å². The molecule has 20 heavy (non-hydrogen) atoms. The van der Waals surface area contributed by atoms with Crippen molar-refractivity contribution in [1.29, 1.82) is 0 Å². The third kappa shape index (κ3) is 2.37. The minimum Gasteiger partial charge on any atom is -0.379 e. The second-order valence-corrected chi connectivity index (χ2v) is 5.12. The molecule has 4 heteroatoms. The first kappa shape index (κ1) is 12.7. The molecule has 1 N–H and O–H groups in total. The summed E-state index contributed by atoms with van der Waals surface area (Å²) in [7, 11) is 0. The minimum atomic E-state index is 0.420. The van der Waals surface area contributed by atoms with Crippen LogP contribution in [0.4, 0.5) is 5.69 Å². The summed E-state index contributed by atoms with van der Waals surface area (Å²) in [6.07, 6.45) is 5.61. The molecule has 0 radical (unpaired) electrons. The van der Waals surface area contributed by atoms with Crippen LogP contribution >= 0.6 is 0 Å². The van der Waals surface area contributed by atoms with Gasteiger partial charge >= 0.3 is 0 Å². The van der Waals surface area contributed by atoms with Gasteiger partial charge in [-0.05, 0) is 38.1 Å². The van der Waals surface area contributed by atoms with Crippen LogP contribution in [0.1, 0.15) is 25.6 Å². The SMILES string of the molecule is CC(C)n1cncc1CNc1cccc2ncccc12. The summed E-state index contributed by atoms with van der Waals surface area (Å²) >= 11 is 0. The highest BCUT2D eigenvalue weighted by molar-refractivity contribution is 5.91. The first-order valence-corrected chi connectivity index (χ1v) is 6.84. The summed E-state index contributed by atoms with van der Waals surface area (Å²) in [5.41, 5.74) is 3.29. The van der Waals surface area contributed by atoms with Crippen LogP contribution in [0.5, 0.6) is 0 Å². The Balaban J connectivity index is 1.85. The van der Waals surface area contributed by atoms with E-state index in [0.717, 1.165) is 23.1 Å². The Labute approximate surface area is 118 Å². The first-order chi connectivity index (χ1) is 9.75. The Kier molecular flexibility index (Phi) is 3.37. The first-order valence-electron chi connectivity index (χ1n) is 6.84. The molecule has 4 nitrogen and oxygen atoms in total. The number of nitrogens with one attached hydrogen (secondary N) is 1. The van der Waals surface area contributed by atoms with Gasteiger partial charge in [0, 0.05) is 29.5 Å². The predicted octanol–water partition coefficient (Wildman–Crippen LogP) is 3.62. The molecule has 0 aliphatic carbocycles. The summed E-state index contributed by atoms with van der Waals surface area (Å²) in [5, 5.41) is 4.63. The number of rotatable bonds is 4. The van der Waals surface area contributed by atoms with E-state index < -0.39 is 0 Å². The second-order valence-electron chi connectivity index (χ2n) is 5.12. The zero-order chi connectivity index (χ0) is 13.9. The van der Waals surface area contributed by atoms with Crippen molar-refractivity contribution < 1.29 is 0 Å². The molecule has 102 valence electrons. The molecule has 2 heterocycles. The molecule has 0 aliphatic rings. The van der Waals surface area contributed by atoms with E-state index >= 15 is 0 Å². The van der Waals surface area contributed by atoms with E-state index in [4.69, 9.17) is 0 Å². The fourth-order valence-electron chi connectivity index (χ4n) is 2.38. The molecule has 0 amide bonds. The van der Waals surface area contributed by atoms with E-state index in [2.05, 4.69) is 45.8 Å². The van der Waals surface area contributed by atoms with Gasteiger partial charge in [0.1, 0.15) is 0 Å². The van der Waals surface area contributed by atoms with E-state index in [9.17, 15) is 0 Å². The number of aromatic nitrogens is 3. The average Bonchev–Trinajstić information content (AvgIpc) is 2.93. The van der Waals surface area contributed by atoms with Crippen LogP contribution in [0, 0.1) is 0 Å². The zero-order valence-corrected chi connectivity index (χ0v) is 11.7. The molecule has 1 aromatic carbocycles.